The number of ether oxygens (including phenoxy) is 1. The first-order chi connectivity index (χ1) is 8.16. The van der Waals surface area contributed by atoms with Gasteiger partial charge in [0, 0.05) is 0 Å². The Kier molecular flexibility index (Phi) is 3.34. The molecule has 0 amide bonds. The molecule has 0 aliphatic heterocycles. The van der Waals surface area contributed by atoms with Crippen LogP contribution >= 0.6 is 0 Å². The fraction of sp³-hybridized carbons (Fsp3) is 0.364. The van der Waals surface area contributed by atoms with Gasteiger partial charge >= 0.3 is 0 Å². The van der Waals surface area contributed by atoms with E-state index in [4.69, 9.17) is 4.74 Å². The number of aliphatic hydroxyl groups excluding tert-OH is 1. The number of tetrazole rings is 1. The highest BCUT2D eigenvalue weighted by atomic mass is 16.5. The molecule has 0 aliphatic carbocycles. The van der Waals surface area contributed by atoms with Gasteiger partial charge in [-0.1, -0.05) is 6.07 Å². The van der Waals surface area contributed by atoms with E-state index in [-0.39, 0.29) is 6.61 Å². The van der Waals surface area contributed by atoms with Crippen molar-refractivity contribution in [2.24, 2.45) is 0 Å². The molecule has 2 rings (SSSR count). The smallest absolute Gasteiger partial charge is 0.145 e. The maximum atomic E-state index is 9.22. The highest BCUT2D eigenvalue weighted by Crippen LogP contribution is 2.23. The second-order valence-electron chi connectivity index (χ2n) is 3.89. The fourth-order valence-electron chi connectivity index (χ4n) is 1.41. The molecule has 2 aromatic rings. The van der Waals surface area contributed by atoms with Crippen LogP contribution in [0.4, 0.5) is 0 Å². The zero-order valence-electron chi connectivity index (χ0n) is 9.74. The standard InChI is InChI=1S/C11H14N4O2/c1-8-3-4-11(17-6-9(2)16)10(5-8)15-7-12-13-14-15/h3-5,7,9,16H,6H2,1-2H3. The van der Waals surface area contributed by atoms with E-state index in [0.717, 1.165) is 11.3 Å². The van der Waals surface area contributed by atoms with Crippen LogP contribution in [0.25, 0.3) is 5.69 Å². The Balaban J connectivity index is 2.31. The summed E-state index contributed by atoms with van der Waals surface area (Å²) in [7, 11) is 0. The lowest BCUT2D eigenvalue weighted by atomic mass is 10.2. The lowest BCUT2D eigenvalue weighted by molar-refractivity contribution is 0.122. The van der Waals surface area contributed by atoms with Crippen molar-refractivity contribution in [2.75, 3.05) is 6.61 Å². The second kappa shape index (κ2) is 4.92. The number of aliphatic hydroxyl groups is 1. The summed E-state index contributed by atoms with van der Waals surface area (Å²) in [6, 6.07) is 5.70. The zero-order valence-corrected chi connectivity index (χ0v) is 9.74. The van der Waals surface area contributed by atoms with E-state index in [1.807, 2.05) is 25.1 Å². The molecular weight excluding hydrogens is 220 g/mol. The third kappa shape index (κ3) is 2.79. The number of hydrogen-bond acceptors (Lipinski definition) is 5. The Hall–Kier alpha value is -1.95. The van der Waals surface area contributed by atoms with Gasteiger partial charge in [-0.2, -0.15) is 4.68 Å². The van der Waals surface area contributed by atoms with Crippen LogP contribution in [0.5, 0.6) is 5.75 Å². The molecule has 0 saturated carbocycles. The van der Waals surface area contributed by atoms with E-state index in [9.17, 15) is 5.11 Å². The lowest BCUT2D eigenvalue weighted by Crippen LogP contribution is -2.14. The molecule has 0 spiro atoms. The molecule has 1 atom stereocenters. The number of benzene rings is 1. The molecule has 90 valence electrons. The number of rotatable bonds is 4. The minimum absolute atomic E-state index is 0.234. The third-order valence-corrected chi connectivity index (χ3v) is 2.19. The van der Waals surface area contributed by atoms with Gasteiger partial charge in [-0.3, -0.25) is 0 Å². The summed E-state index contributed by atoms with van der Waals surface area (Å²) in [5.74, 6) is 0.642. The minimum atomic E-state index is -0.516. The summed E-state index contributed by atoms with van der Waals surface area (Å²) in [4.78, 5) is 0. The van der Waals surface area contributed by atoms with Gasteiger partial charge in [0.2, 0.25) is 0 Å². The SMILES string of the molecule is Cc1ccc(OCC(C)O)c(-n2cnnn2)c1. The van der Waals surface area contributed by atoms with Crippen LogP contribution in [-0.2, 0) is 0 Å². The van der Waals surface area contributed by atoms with Crippen LogP contribution in [0.2, 0.25) is 0 Å². The molecule has 1 N–H and O–H groups in total. The van der Waals surface area contributed by atoms with Gasteiger partial charge in [0.05, 0.1) is 6.10 Å². The molecular formula is C11H14N4O2. The number of aryl methyl sites for hydroxylation is 1. The average Bonchev–Trinajstić information content (AvgIpc) is 2.80. The summed E-state index contributed by atoms with van der Waals surface area (Å²) in [6.45, 7) is 3.88. The fourth-order valence-corrected chi connectivity index (χ4v) is 1.41. The van der Waals surface area contributed by atoms with Gasteiger partial charge in [0.1, 0.15) is 24.4 Å². The van der Waals surface area contributed by atoms with Crippen molar-refractivity contribution >= 4 is 0 Å². The highest BCUT2D eigenvalue weighted by molar-refractivity contribution is 5.47. The molecule has 0 saturated heterocycles. The summed E-state index contributed by atoms with van der Waals surface area (Å²) < 4.78 is 7.04. The van der Waals surface area contributed by atoms with Gasteiger partial charge in [0.25, 0.3) is 0 Å². The van der Waals surface area contributed by atoms with Crippen LogP contribution < -0.4 is 4.74 Å². The Morgan fingerprint density at radius 1 is 1.47 bits per heavy atom. The van der Waals surface area contributed by atoms with Crippen molar-refractivity contribution in [3.05, 3.63) is 30.1 Å². The van der Waals surface area contributed by atoms with Crippen LogP contribution in [0, 0.1) is 6.92 Å². The van der Waals surface area contributed by atoms with E-state index >= 15 is 0 Å². The molecule has 6 nitrogen and oxygen atoms in total. The molecule has 0 fully saturated rings. The van der Waals surface area contributed by atoms with E-state index in [2.05, 4.69) is 15.5 Å². The molecule has 1 aromatic heterocycles. The van der Waals surface area contributed by atoms with Crippen molar-refractivity contribution in [1.29, 1.82) is 0 Å². The largest absolute Gasteiger partial charge is 0.489 e. The Bertz CT molecular complexity index is 482. The minimum Gasteiger partial charge on any atom is -0.489 e. The van der Waals surface area contributed by atoms with Crippen LogP contribution in [0.1, 0.15) is 12.5 Å². The predicted octanol–water partition coefficient (Wildman–Crippen LogP) is 0.730. The quantitative estimate of drug-likeness (QED) is 0.844. The molecule has 0 aliphatic rings. The maximum Gasteiger partial charge on any atom is 0.145 e. The molecule has 17 heavy (non-hydrogen) atoms. The summed E-state index contributed by atoms with van der Waals surface area (Å²) in [5, 5.41) is 20.2. The van der Waals surface area contributed by atoms with Crippen molar-refractivity contribution in [3.63, 3.8) is 0 Å². The van der Waals surface area contributed by atoms with Gasteiger partial charge < -0.3 is 9.84 Å². The van der Waals surface area contributed by atoms with Gasteiger partial charge in [-0.25, -0.2) is 0 Å². The topological polar surface area (TPSA) is 73.1 Å². The maximum absolute atomic E-state index is 9.22. The first-order valence-corrected chi connectivity index (χ1v) is 5.31. The van der Waals surface area contributed by atoms with Crippen molar-refractivity contribution in [3.8, 4) is 11.4 Å². The lowest BCUT2D eigenvalue weighted by Gasteiger charge is -2.12. The predicted molar refractivity (Wildman–Crippen MR) is 61.1 cm³/mol. The zero-order chi connectivity index (χ0) is 12.3. The summed E-state index contributed by atoms with van der Waals surface area (Å²) in [5.41, 5.74) is 1.84. The normalized spacial score (nSPS) is 12.4. The number of hydrogen-bond donors (Lipinski definition) is 1. The third-order valence-electron chi connectivity index (χ3n) is 2.19. The van der Waals surface area contributed by atoms with E-state index in [0.29, 0.717) is 5.75 Å². The summed E-state index contributed by atoms with van der Waals surface area (Å²) in [6.07, 6.45) is 0.988. The second-order valence-corrected chi connectivity index (χ2v) is 3.89. The molecule has 6 heteroatoms. The molecule has 1 heterocycles. The average molecular weight is 234 g/mol. The van der Waals surface area contributed by atoms with Crippen LogP contribution in [0.3, 0.4) is 0 Å². The molecule has 0 bridgehead atoms. The first kappa shape index (κ1) is 11.5. The van der Waals surface area contributed by atoms with E-state index in [1.54, 1.807) is 6.92 Å². The Morgan fingerprint density at radius 2 is 2.29 bits per heavy atom. The highest BCUT2D eigenvalue weighted by Gasteiger charge is 2.08. The first-order valence-electron chi connectivity index (χ1n) is 5.31. The van der Waals surface area contributed by atoms with Gasteiger partial charge in [-0.05, 0) is 42.0 Å². The Labute approximate surface area is 98.8 Å². The van der Waals surface area contributed by atoms with Crippen molar-refractivity contribution in [1.82, 2.24) is 20.2 Å². The molecule has 0 radical (unpaired) electrons. The van der Waals surface area contributed by atoms with Crippen molar-refractivity contribution < 1.29 is 9.84 Å². The molecule has 1 aromatic carbocycles. The summed E-state index contributed by atoms with van der Waals surface area (Å²) >= 11 is 0. The Morgan fingerprint density at radius 3 is 2.94 bits per heavy atom. The van der Waals surface area contributed by atoms with Crippen LogP contribution in [0.15, 0.2) is 24.5 Å². The van der Waals surface area contributed by atoms with Crippen molar-refractivity contribution in [2.45, 2.75) is 20.0 Å². The van der Waals surface area contributed by atoms with E-state index < -0.39 is 6.10 Å². The van der Waals surface area contributed by atoms with E-state index in [1.165, 1.54) is 11.0 Å². The number of aromatic nitrogens is 4. The van der Waals surface area contributed by atoms with Crippen LogP contribution in [-0.4, -0.2) is 38.0 Å². The number of nitrogens with zero attached hydrogens (tertiary/aromatic N) is 4. The van der Waals surface area contributed by atoms with Gasteiger partial charge in [0.15, 0.2) is 0 Å². The monoisotopic (exact) mass is 234 g/mol. The van der Waals surface area contributed by atoms with Gasteiger partial charge in [-0.15, -0.1) is 5.10 Å². The molecule has 1 unspecified atom stereocenters.